The van der Waals surface area contributed by atoms with Crippen LogP contribution in [0.4, 0.5) is 0 Å². The molecule has 30 heavy (non-hydrogen) atoms. The highest BCUT2D eigenvalue weighted by Crippen LogP contribution is 2.26. The van der Waals surface area contributed by atoms with E-state index in [-0.39, 0.29) is 17.5 Å². The lowest BCUT2D eigenvalue weighted by atomic mass is 10.0. The van der Waals surface area contributed by atoms with Crippen molar-refractivity contribution in [3.8, 4) is 0 Å². The normalized spacial score (nSPS) is 18.2. The second-order valence-electron chi connectivity index (χ2n) is 7.22. The average Bonchev–Trinajstić information content (AvgIpc) is 3.29. The van der Waals surface area contributed by atoms with Crippen molar-refractivity contribution in [1.29, 1.82) is 0 Å². The van der Waals surface area contributed by atoms with Crippen LogP contribution in [0.5, 0.6) is 0 Å². The number of hydrogen-bond acceptors (Lipinski definition) is 2. The molecule has 0 bridgehead atoms. The minimum absolute atomic E-state index is 0.227. The quantitative estimate of drug-likeness (QED) is 0.298. The molecule has 0 aliphatic carbocycles. The van der Waals surface area contributed by atoms with Crippen LogP contribution in [0.1, 0.15) is 11.1 Å². The van der Waals surface area contributed by atoms with Crippen molar-refractivity contribution in [2.24, 2.45) is 0 Å². The first kappa shape index (κ1) is 19.1. The van der Waals surface area contributed by atoms with Crippen LogP contribution < -0.4 is 10.6 Å². The Hall–Kier alpha value is -2.84. The van der Waals surface area contributed by atoms with Crippen LogP contribution >= 0.6 is 31.9 Å². The van der Waals surface area contributed by atoms with Gasteiger partial charge in [-0.15, -0.1) is 0 Å². The van der Waals surface area contributed by atoms with Crippen molar-refractivity contribution in [2.75, 3.05) is 0 Å². The van der Waals surface area contributed by atoms with E-state index in [9.17, 15) is 9.59 Å². The molecular formula is C22H16Br2N4O2. The molecule has 0 spiro atoms. The van der Waals surface area contributed by atoms with Gasteiger partial charge in [-0.05, 0) is 35.9 Å². The van der Waals surface area contributed by atoms with Gasteiger partial charge in [0.15, 0.2) is 0 Å². The molecule has 150 valence electrons. The maximum absolute atomic E-state index is 12.7. The number of aromatic amines is 2. The fraction of sp³-hybridized carbons (Fsp3) is 0.0909. The predicted octanol–water partition coefficient (Wildman–Crippen LogP) is 4.37. The van der Waals surface area contributed by atoms with Crippen LogP contribution in [0.3, 0.4) is 0 Å². The molecule has 6 nitrogen and oxygen atoms in total. The SMILES string of the molecule is O=C1NC(Cc2c[nH]c3cc(Br)ccc23)C(=O)N/C1=C\c1c[nH]c2cc(Br)ccc12. The van der Waals surface area contributed by atoms with Gasteiger partial charge in [-0.3, -0.25) is 9.59 Å². The molecule has 1 atom stereocenters. The van der Waals surface area contributed by atoms with E-state index in [0.717, 1.165) is 41.9 Å². The van der Waals surface area contributed by atoms with Crippen LogP contribution in [-0.4, -0.2) is 27.8 Å². The third-order valence-corrected chi connectivity index (χ3v) is 6.24. The van der Waals surface area contributed by atoms with Gasteiger partial charge in [0.05, 0.1) is 0 Å². The van der Waals surface area contributed by atoms with Crippen molar-refractivity contribution in [1.82, 2.24) is 20.6 Å². The monoisotopic (exact) mass is 526 g/mol. The van der Waals surface area contributed by atoms with E-state index in [1.807, 2.05) is 48.8 Å². The highest BCUT2D eigenvalue weighted by Gasteiger charge is 2.30. The number of aromatic nitrogens is 2. The van der Waals surface area contributed by atoms with Crippen molar-refractivity contribution in [3.05, 3.63) is 74.6 Å². The smallest absolute Gasteiger partial charge is 0.268 e. The lowest BCUT2D eigenvalue weighted by molar-refractivity contribution is -0.131. The molecule has 8 heteroatoms. The van der Waals surface area contributed by atoms with Crippen LogP contribution in [-0.2, 0) is 16.0 Å². The van der Waals surface area contributed by atoms with Crippen LogP contribution in [0.25, 0.3) is 27.9 Å². The molecule has 2 aromatic heterocycles. The van der Waals surface area contributed by atoms with Crippen molar-refractivity contribution in [2.45, 2.75) is 12.5 Å². The van der Waals surface area contributed by atoms with Gasteiger partial charge in [0.25, 0.3) is 5.91 Å². The average molecular weight is 528 g/mol. The number of carbonyl (C=O) groups is 2. The van der Waals surface area contributed by atoms with E-state index < -0.39 is 6.04 Å². The predicted molar refractivity (Wildman–Crippen MR) is 124 cm³/mol. The minimum Gasteiger partial charge on any atom is -0.361 e. The van der Waals surface area contributed by atoms with E-state index >= 15 is 0 Å². The van der Waals surface area contributed by atoms with Gasteiger partial charge in [-0.2, -0.15) is 0 Å². The van der Waals surface area contributed by atoms with Crippen LogP contribution in [0.15, 0.2) is 63.4 Å². The summed E-state index contributed by atoms with van der Waals surface area (Å²) in [7, 11) is 0. The number of piperazine rings is 1. The Morgan fingerprint density at radius 3 is 2.33 bits per heavy atom. The van der Waals surface area contributed by atoms with Crippen molar-refractivity contribution < 1.29 is 9.59 Å². The van der Waals surface area contributed by atoms with Gasteiger partial charge in [-0.1, -0.05) is 44.0 Å². The zero-order valence-corrected chi connectivity index (χ0v) is 18.7. The molecule has 1 saturated heterocycles. The Labute approximate surface area is 188 Å². The van der Waals surface area contributed by atoms with Crippen molar-refractivity contribution >= 4 is 71.6 Å². The topological polar surface area (TPSA) is 89.8 Å². The zero-order valence-electron chi connectivity index (χ0n) is 15.6. The molecule has 1 aliphatic heterocycles. The summed E-state index contributed by atoms with van der Waals surface area (Å²) in [5, 5.41) is 7.62. The van der Waals surface area contributed by atoms with Gasteiger partial charge < -0.3 is 20.6 Å². The Morgan fingerprint density at radius 1 is 0.900 bits per heavy atom. The Balaban J connectivity index is 1.38. The molecule has 1 unspecified atom stereocenters. The number of fused-ring (bicyclic) bond motifs is 2. The Morgan fingerprint density at radius 2 is 1.57 bits per heavy atom. The third-order valence-electron chi connectivity index (χ3n) is 5.25. The maximum atomic E-state index is 12.7. The number of H-pyrrole nitrogens is 2. The first-order valence-corrected chi connectivity index (χ1v) is 10.9. The van der Waals surface area contributed by atoms with E-state index in [1.165, 1.54) is 0 Å². The summed E-state index contributed by atoms with van der Waals surface area (Å²) in [4.78, 5) is 31.8. The highest BCUT2D eigenvalue weighted by molar-refractivity contribution is 9.10. The van der Waals surface area contributed by atoms with E-state index in [2.05, 4.69) is 52.5 Å². The molecule has 2 amide bonds. The lowest BCUT2D eigenvalue weighted by Gasteiger charge is -2.25. The molecule has 1 fully saturated rings. The number of hydrogen-bond donors (Lipinski definition) is 4. The summed E-state index contributed by atoms with van der Waals surface area (Å²) in [6.45, 7) is 0. The first-order chi connectivity index (χ1) is 14.5. The number of carbonyl (C=O) groups excluding carboxylic acids is 2. The number of halogens is 2. The molecular weight excluding hydrogens is 512 g/mol. The minimum atomic E-state index is -0.628. The Kier molecular flexibility index (Phi) is 4.75. The summed E-state index contributed by atoms with van der Waals surface area (Å²) in [5.74, 6) is -0.524. The third kappa shape index (κ3) is 3.46. The second-order valence-corrected chi connectivity index (χ2v) is 9.05. The summed E-state index contributed by atoms with van der Waals surface area (Å²) in [5.41, 5.74) is 3.98. The van der Waals surface area contributed by atoms with Gasteiger partial charge in [0, 0.05) is 55.1 Å². The largest absolute Gasteiger partial charge is 0.361 e. The lowest BCUT2D eigenvalue weighted by Crippen LogP contribution is -2.55. The molecule has 0 radical (unpaired) electrons. The summed E-state index contributed by atoms with van der Waals surface area (Å²) in [6.07, 6.45) is 5.80. The van der Waals surface area contributed by atoms with Crippen molar-refractivity contribution in [3.63, 3.8) is 0 Å². The van der Waals surface area contributed by atoms with Crippen LogP contribution in [0.2, 0.25) is 0 Å². The molecule has 1 aliphatic rings. The van der Waals surface area contributed by atoms with E-state index in [1.54, 1.807) is 6.08 Å². The molecule has 4 N–H and O–H groups in total. The number of nitrogens with one attached hydrogen (secondary N) is 4. The first-order valence-electron chi connectivity index (χ1n) is 9.33. The van der Waals surface area contributed by atoms with Gasteiger partial charge in [0.1, 0.15) is 11.7 Å². The standard InChI is InChI=1S/C22H16Br2N4O2/c23-13-1-3-15-11(9-25-17(15)7-13)5-19-21(29)28-20(22(30)27-19)6-12-10-26-18-8-14(24)2-4-16(12)18/h1-5,7-10,20,25-26H,6H2,(H,27,30)(H,28,29)/b19-5-. The highest BCUT2D eigenvalue weighted by atomic mass is 79.9. The number of amides is 2. The molecule has 3 heterocycles. The number of rotatable bonds is 3. The van der Waals surface area contributed by atoms with Gasteiger partial charge in [0.2, 0.25) is 5.91 Å². The second kappa shape index (κ2) is 7.45. The maximum Gasteiger partial charge on any atom is 0.268 e. The van der Waals surface area contributed by atoms with Gasteiger partial charge in [-0.25, -0.2) is 0 Å². The summed E-state index contributed by atoms with van der Waals surface area (Å²) >= 11 is 6.90. The van der Waals surface area contributed by atoms with E-state index in [4.69, 9.17) is 0 Å². The fourth-order valence-corrected chi connectivity index (χ4v) is 4.49. The van der Waals surface area contributed by atoms with Crippen LogP contribution in [0, 0.1) is 0 Å². The van der Waals surface area contributed by atoms with Gasteiger partial charge >= 0.3 is 0 Å². The Bertz CT molecular complexity index is 1350. The zero-order chi connectivity index (χ0) is 20.8. The molecule has 5 rings (SSSR count). The summed E-state index contributed by atoms with van der Waals surface area (Å²) < 4.78 is 1.94. The fourth-order valence-electron chi connectivity index (χ4n) is 3.77. The summed E-state index contributed by atoms with van der Waals surface area (Å²) in [6, 6.07) is 11.2. The molecule has 0 saturated carbocycles. The molecule has 4 aromatic rings. The number of benzene rings is 2. The van der Waals surface area contributed by atoms with E-state index in [0.29, 0.717) is 6.42 Å². The molecule has 2 aromatic carbocycles.